The van der Waals surface area contributed by atoms with E-state index in [4.69, 9.17) is 28.5 Å². The molecular formula is C21H28BrNO9. The number of imide groups is 1. The average molecular weight is 518 g/mol. The molecule has 10 nitrogen and oxygen atoms in total. The summed E-state index contributed by atoms with van der Waals surface area (Å²) in [5.41, 5.74) is 0. The molecule has 1 aromatic rings. The van der Waals surface area contributed by atoms with Crippen molar-refractivity contribution >= 4 is 33.7 Å². The molecule has 11 heteroatoms. The predicted molar refractivity (Wildman–Crippen MR) is 115 cm³/mol. The Balaban J connectivity index is 1.30. The van der Waals surface area contributed by atoms with Gasteiger partial charge >= 0.3 is 5.97 Å². The molecule has 1 saturated heterocycles. The standard InChI is InChI=1S/C21H28BrNO9/c22-17-1-3-18(4-2-17)31-16-15-30-14-13-29-12-11-28-10-9-27-8-7-21(26)32-23-19(24)5-6-20(23)25/h1-4H,5-16H2. The van der Waals surface area contributed by atoms with Crippen molar-refractivity contribution in [2.75, 3.05) is 59.5 Å². The topological polar surface area (TPSA) is 110 Å². The Kier molecular flexibility index (Phi) is 12.9. The molecule has 178 valence electrons. The van der Waals surface area contributed by atoms with Gasteiger partial charge in [0.2, 0.25) is 0 Å². The normalized spacial score (nSPS) is 13.6. The zero-order valence-electron chi connectivity index (χ0n) is 17.8. The summed E-state index contributed by atoms with van der Waals surface area (Å²) in [5, 5.41) is 0.522. The van der Waals surface area contributed by atoms with Gasteiger partial charge in [0.1, 0.15) is 12.4 Å². The molecule has 2 rings (SSSR count). The van der Waals surface area contributed by atoms with Gasteiger partial charge in [-0.15, -0.1) is 5.06 Å². The monoisotopic (exact) mass is 517 g/mol. The fourth-order valence-electron chi connectivity index (χ4n) is 2.47. The maximum Gasteiger partial charge on any atom is 0.335 e. The molecule has 1 heterocycles. The molecule has 0 radical (unpaired) electrons. The van der Waals surface area contributed by atoms with Crippen molar-refractivity contribution in [3.05, 3.63) is 28.7 Å². The molecule has 0 atom stereocenters. The van der Waals surface area contributed by atoms with Crippen molar-refractivity contribution in [3.63, 3.8) is 0 Å². The largest absolute Gasteiger partial charge is 0.491 e. The van der Waals surface area contributed by atoms with Gasteiger partial charge in [-0.25, -0.2) is 4.79 Å². The minimum atomic E-state index is -0.690. The van der Waals surface area contributed by atoms with Gasteiger partial charge in [0.15, 0.2) is 0 Å². The van der Waals surface area contributed by atoms with Crippen LogP contribution in [0.1, 0.15) is 19.3 Å². The molecule has 1 aliphatic heterocycles. The summed E-state index contributed by atoms with van der Waals surface area (Å²) >= 11 is 3.37. The zero-order valence-corrected chi connectivity index (χ0v) is 19.4. The molecule has 0 spiro atoms. The van der Waals surface area contributed by atoms with E-state index in [1.54, 1.807) is 0 Å². The number of carbonyl (C=O) groups is 3. The van der Waals surface area contributed by atoms with Crippen molar-refractivity contribution in [2.24, 2.45) is 0 Å². The lowest BCUT2D eigenvalue weighted by Gasteiger charge is -2.12. The van der Waals surface area contributed by atoms with Crippen LogP contribution in [0.4, 0.5) is 0 Å². The van der Waals surface area contributed by atoms with Crippen LogP contribution in [0.25, 0.3) is 0 Å². The molecule has 1 fully saturated rings. The molecule has 0 N–H and O–H groups in total. The summed E-state index contributed by atoms with van der Waals surface area (Å²) in [7, 11) is 0. The van der Waals surface area contributed by atoms with Crippen LogP contribution in [-0.2, 0) is 38.2 Å². The Morgan fingerprint density at radius 2 is 1.22 bits per heavy atom. The number of hydroxylamine groups is 2. The van der Waals surface area contributed by atoms with Gasteiger partial charge in [0.25, 0.3) is 11.8 Å². The number of rotatable bonds is 17. The highest BCUT2D eigenvalue weighted by Gasteiger charge is 2.32. The molecule has 0 aliphatic carbocycles. The molecule has 1 aliphatic rings. The van der Waals surface area contributed by atoms with Crippen molar-refractivity contribution in [2.45, 2.75) is 19.3 Å². The minimum Gasteiger partial charge on any atom is -0.491 e. The second kappa shape index (κ2) is 15.7. The Labute approximate surface area is 195 Å². The molecule has 32 heavy (non-hydrogen) atoms. The summed E-state index contributed by atoms with van der Waals surface area (Å²) in [6.45, 7) is 3.49. The predicted octanol–water partition coefficient (Wildman–Crippen LogP) is 1.89. The first-order valence-electron chi connectivity index (χ1n) is 10.3. The van der Waals surface area contributed by atoms with Crippen LogP contribution >= 0.6 is 15.9 Å². The fourth-order valence-corrected chi connectivity index (χ4v) is 2.74. The number of hydrogen-bond acceptors (Lipinski definition) is 9. The number of ether oxygens (including phenoxy) is 5. The summed E-state index contributed by atoms with van der Waals surface area (Å²) in [6.07, 6.45) is 0.0757. The Morgan fingerprint density at radius 1 is 0.750 bits per heavy atom. The molecule has 0 saturated carbocycles. The zero-order chi connectivity index (χ0) is 23.0. The molecular weight excluding hydrogens is 490 g/mol. The van der Waals surface area contributed by atoms with Gasteiger partial charge in [-0.3, -0.25) is 9.59 Å². The van der Waals surface area contributed by atoms with Crippen molar-refractivity contribution in [3.8, 4) is 5.75 Å². The Hall–Kier alpha value is -2.05. The van der Waals surface area contributed by atoms with Crippen molar-refractivity contribution in [1.82, 2.24) is 5.06 Å². The van der Waals surface area contributed by atoms with E-state index in [0.717, 1.165) is 10.2 Å². The van der Waals surface area contributed by atoms with Crippen LogP contribution in [0, 0.1) is 0 Å². The number of carbonyl (C=O) groups excluding carboxylic acids is 3. The van der Waals surface area contributed by atoms with Crippen LogP contribution in [-0.4, -0.2) is 82.3 Å². The van der Waals surface area contributed by atoms with Crippen LogP contribution in [0.3, 0.4) is 0 Å². The smallest absolute Gasteiger partial charge is 0.335 e. The Morgan fingerprint density at radius 3 is 1.75 bits per heavy atom. The van der Waals surface area contributed by atoms with Gasteiger partial charge in [0, 0.05) is 17.3 Å². The highest BCUT2D eigenvalue weighted by molar-refractivity contribution is 9.10. The summed E-state index contributed by atoms with van der Waals surface area (Å²) in [6, 6.07) is 7.60. The van der Waals surface area contributed by atoms with Crippen LogP contribution in [0.2, 0.25) is 0 Å². The third kappa shape index (κ3) is 11.0. The number of hydrogen-bond donors (Lipinski definition) is 0. The van der Waals surface area contributed by atoms with Crippen LogP contribution in [0.15, 0.2) is 28.7 Å². The van der Waals surface area contributed by atoms with E-state index >= 15 is 0 Å². The summed E-state index contributed by atoms with van der Waals surface area (Å²) in [4.78, 5) is 39.0. The molecule has 2 amide bonds. The highest BCUT2D eigenvalue weighted by Crippen LogP contribution is 2.16. The van der Waals surface area contributed by atoms with Gasteiger partial charge in [-0.2, -0.15) is 0 Å². The van der Waals surface area contributed by atoms with E-state index in [9.17, 15) is 14.4 Å². The van der Waals surface area contributed by atoms with Gasteiger partial charge in [-0.05, 0) is 24.3 Å². The van der Waals surface area contributed by atoms with Gasteiger partial charge in [0.05, 0.1) is 59.3 Å². The maximum atomic E-state index is 11.6. The molecule has 0 aromatic heterocycles. The minimum absolute atomic E-state index is 0.0612. The second-order valence-corrected chi connectivity index (χ2v) is 7.46. The number of benzene rings is 1. The number of nitrogens with zero attached hydrogens (tertiary/aromatic N) is 1. The lowest BCUT2D eigenvalue weighted by Crippen LogP contribution is -2.32. The molecule has 0 bridgehead atoms. The third-order valence-corrected chi connectivity index (χ3v) is 4.60. The SMILES string of the molecule is O=C(CCOCCOCCOCCOCCOc1ccc(Br)cc1)ON1C(=O)CCC1=O. The molecule has 1 aromatic carbocycles. The second-order valence-electron chi connectivity index (χ2n) is 6.55. The first-order valence-corrected chi connectivity index (χ1v) is 11.1. The van der Waals surface area contributed by atoms with Crippen LogP contribution < -0.4 is 4.74 Å². The van der Waals surface area contributed by atoms with Crippen molar-refractivity contribution < 1.29 is 42.9 Å². The third-order valence-electron chi connectivity index (χ3n) is 4.08. The molecule has 0 unspecified atom stereocenters. The van der Waals surface area contributed by atoms with Gasteiger partial charge < -0.3 is 28.5 Å². The lowest BCUT2D eigenvalue weighted by atomic mass is 10.3. The van der Waals surface area contributed by atoms with E-state index in [0.29, 0.717) is 57.9 Å². The van der Waals surface area contributed by atoms with E-state index in [2.05, 4.69) is 15.9 Å². The van der Waals surface area contributed by atoms with Gasteiger partial charge in [-0.1, -0.05) is 15.9 Å². The highest BCUT2D eigenvalue weighted by atomic mass is 79.9. The van der Waals surface area contributed by atoms with E-state index in [-0.39, 0.29) is 25.9 Å². The first kappa shape index (κ1) is 26.2. The number of amides is 2. The average Bonchev–Trinajstić information content (AvgIpc) is 3.09. The van der Waals surface area contributed by atoms with E-state index in [1.165, 1.54) is 0 Å². The Bertz CT molecular complexity index is 698. The summed E-state index contributed by atoms with van der Waals surface area (Å²) < 4.78 is 28.0. The lowest BCUT2D eigenvalue weighted by molar-refractivity contribution is -0.198. The fraction of sp³-hybridized carbons (Fsp3) is 0.571. The summed E-state index contributed by atoms with van der Waals surface area (Å²) in [5.74, 6) is -0.900. The quantitative estimate of drug-likeness (QED) is 0.226. The maximum absolute atomic E-state index is 11.6. The van der Waals surface area contributed by atoms with E-state index < -0.39 is 17.8 Å². The first-order chi connectivity index (χ1) is 15.6. The van der Waals surface area contributed by atoms with E-state index in [1.807, 2.05) is 24.3 Å². The number of halogens is 1. The van der Waals surface area contributed by atoms with Crippen LogP contribution in [0.5, 0.6) is 5.75 Å². The van der Waals surface area contributed by atoms with Crippen molar-refractivity contribution in [1.29, 1.82) is 0 Å².